The topological polar surface area (TPSA) is 69.3 Å². The van der Waals surface area contributed by atoms with Crippen LogP contribution in [0, 0.1) is 20.8 Å². The van der Waals surface area contributed by atoms with E-state index in [0.717, 1.165) is 28.1 Å². The molecule has 0 aliphatic carbocycles. The van der Waals surface area contributed by atoms with Crippen molar-refractivity contribution in [2.45, 2.75) is 33.9 Å². The van der Waals surface area contributed by atoms with Crippen molar-refractivity contribution in [2.24, 2.45) is 0 Å². The predicted octanol–water partition coefficient (Wildman–Crippen LogP) is 5.93. The van der Waals surface area contributed by atoms with Crippen LogP contribution in [0.5, 0.6) is 5.75 Å². The number of anilines is 1. The highest BCUT2D eigenvalue weighted by atomic mass is 35.5. The lowest BCUT2D eigenvalue weighted by Crippen LogP contribution is -2.12. The van der Waals surface area contributed by atoms with Crippen molar-refractivity contribution in [3.05, 3.63) is 99.6 Å². The van der Waals surface area contributed by atoms with E-state index in [9.17, 15) is 4.79 Å². The fourth-order valence-electron chi connectivity index (χ4n) is 3.45. The third kappa shape index (κ3) is 5.21. The lowest BCUT2D eigenvalue weighted by atomic mass is 10.1. The second-order valence-electron chi connectivity index (χ2n) is 7.75. The number of aryl methyl sites for hydroxylation is 3. The highest BCUT2D eigenvalue weighted by Gasteiger charge is 2.15. The van der Waals surface area contributed by atoms with Crippen molar-refractivity contribution < 1.29 is 13.9 Å². The van der Waals surface area contributed by atoms with Gasteiger partial charge in [-0.1, -0.05) is 35.9 Å². The van der Waals surface area contributed by atoms with Crippen LogP contribution < -0.4 is 10.1 Å². The van der Waals surface area contributed by atoms with Crippen LogP contribution in [0.15, 0.2) is 65.1 Å². The molecule has 7 heteroatoms. The van der Waals surface area contributed by atoms with Gasteiger partial charge in [-0.25, -0.2) is 0 Å². The molecule has 0 saturated carbocycles. The Kier molecular flexibility index (Phi) is 6.32. The molecule has 0 radical (unpaired) electrons. The summed E-state index contributed by atoms with van der Waals surface area (Å²) < 4.78 is 13.3. The minimum atomic E-state index is -0.370. The van der Waals surface area contributed by atoms with Crippen LogP contribution in [-0.4, -0.2) is 15.7 Å². The molecule has 1 N–H and O–H groups in total. The normalized spacial score (nSPS) is 10.9. The van der Waals surface area contributed by atoms with Gasteiger partial charge in [0.25, 0.3) is 5.91 Å². The van der Waals surface area contributed by atoms with E-state index in [0.29, 0.717) is 23.1 Å². The van der Waals surface area contributed by atoms with Crippen molar-refractivity contribution in [3.8, 4) is 5.75 Å². The number of aromatic nitrogens is 2. The smallest absolute Gasteiger partial charge is 0.292 e. The largest absolute Gasteiger partial charge is 0.486 e. The van der Waals surface area contributed by atoms with E-state index >= 15 is 0 Å². The third-order valence-electron chi connectivity index (χ3n) is 4.96. The Morgan fingerprint density at radius 1 is 1.06 bits per heavy atom. The predicted molar refractivity (Wildman–Crippen MR) is 124 cm³/mol. The van der Waals surface area contributed by atoms with Gasteiger partial charge in [-0.15, -0.1) is 0 Å². The molecule has 2 aromatic heterocycles. The molecule has 0 atom stereocenters. The summed E-state index contributed by atoms with van der Waals surface area (Å²) in [4.78, 5) is 12.6. The maximum Gasteiger partial charge on any atom is 0.292 e. The first-order valence-electron chi connectivity index (χ1n) is 10.3. The molecule has 2 aromatic carbocycles. The lowest BCUT2D eigenvalue weighted by molar-refractivity contribution is 0.0992. The quantitative estimate of drug-likeness (QED) is 0.379. The van der Waals surface area contributed by atoms with Gasteiger partial charge < -0.3 is 14.5 Å². The monoisotopic (exact) mass is 449 g/mol. The van der Waals surface area contributed by atoms with Crippen LogP contribution in [-0.2, 0) is 13.2 Å². The molecular formula is C25H24ClN3O3. The first-order chi connectivity index (χ1) is 15.4. The average molecular weight is 450 g/mol. The highest BCUT2D eigenvalue weighted by Crippen LogP contribution is 2.20. The third-order valence-corrected chi connectivity index (χ3v) is 5.33. The summed E-state index contributed by atoms with van der Waals surface area (Å²) in [5.74, 6) is 1.61. The van der Waals surface area contributed by atoms with Crippen LogP contribution in [0.4, 0.5) is 5.82 Å². The molecule has 4 aromatic rings. The summed E-state index contributed by atoms with van der Waals surface area (Å²) in [7, 11) is 0. The minimum Gasteiger partial charge on any atom is -0.486 e. The number of carbonyl (C=O) groups excluding carboxylic acids is 1. The number of benzene rings is 2. The number of nitrogens with zero attached hydrogens (tertiary/aromatic N) is 2. The molecular weight excluding hydrogens is 426 g/mol. The fraction of sp³-hybridized carbons (Fsp3) is 0.200. The van der Waals surface area contributed by atoms with Crippen molar-refractivity contribution in [1.29, 1.82) is 0 Å². The van der Waals surface area contributed by atoms with Crippen LogP contribution in [0.1, 0.15) is 38.7 Å². The van der Waals surface area contributed by atoms with Crippen molar-refractivity contribution in [1.82, 2.24) is 9.78 Å². The zero-order chi connectivity index (χ0) is 22.7. The Bertz CT molecular complexity index is 1240. The number of hydrogen-bond donors (Lipinski definition) is 1. The standard InChI is InChI=1S/C25H24ClN3O3/c1-16-10-17(2)12-21(11-16)31-15-20-8-9-23(32-20)25(30)27-24-13-18(3)29(28-24)14-19-6-4-5-7-22(19)26/h4-13H,14-15H2,1-3H3,(H,27,28,30). The highest BCUT2D eigenvalue weighted by molar-refractivity contribution is 6.31. The molecule has 0 aliphatic heterocycles. The number of rotatable bonds is 7. The molecule has 0 aliphatic rings. The molecule has 6 nitrogen and oxygen atoms in total. The van der Waals surface area contributed by atoms with E-state index < -0.39 is 0 Å². The summed E-state index contributed by atoms with van der Waals surface area (Å²) >= 11 is 6.25. The Balaban J connectivity index is 1.38. The summed E-state index contributed by atoms with van der Waals surface area (Å²) in [6, 6.07) is 18.8. The number of nitrogens with one attached hydrogen (secondary N) is 1. The number of carbonyl (C=O) groups is 1. The van der Waals surface area contributed by atoms with E-state index in [4.69, 9.17) is 20.8 Å². The maximum absolute atomic E-state index is 12.6. The van der Waals surface area contributed by atoms with E-state index in [1.807, 2.05) is 63.2 Å². The SMILES string of the molecule is Cc1cc(C)cc(OCc2ccc(C(=O)Nc3cc(C)n(Cc4ccccc4Cl)n3)o2)c1. The van der Waals surface area contributed by atoms with E-state index in [1.54, 1.807) is 16.8 Å². The Morgan fingerprint density at radius 2 is 1.81 bits per heavy atom. The van der Waals surface area contributed by atoms with Gasteiger partial charge in [0.2, 0.25) is 0 Å². The van der Waals surface area contributed by atoms with Gasteiger partial charge in [0.05, 0.1) is 6.54 Å². The molecule has 0 bridgehead atoms. The van der Waals surface area contributed by atoms with Gasteiger partial charge in [-0.3, -0.25) is 9.48 Å². The molecule has 32 heavy (non-hydrogen) atoms. The molecule has 1 amide bonds. The zero-order valence-electron chi connectivity index (χ0n) is 18.2. The van der Waals surface area contributed by atoms with Crippen LogP contribution in [0.3, 0.4) is 0 Å². The molecule has 164 valence electrons. The van der Waals surface area contributed by atoms with Gasteiger partial charge in [0, 0.05) is 16.8 Å². The van der Waals surface area contributed by atoms with Gasteiger partial charge in [-0.05, 0) is 67.8 Å². The summed E-state index contributed by atoms with van der Waals surface area (Å²) in [6.07, 6.45) is 0. The first kappa shape index (κ1) is 21.7. The Morgan fingerprint density at radius 3 is 2.56 bits per heavy atom. The number of furan rings is 1. The van der Waals surface area contributed by atoms with Crippen molar-refractivity contribution in [3.63, 3.8) is 0 Å². The fourth-order valence-corrected chi connectivity index (χ4v) is 3.64. The van der Waals surface area contributed by atoms with Crippen molar-refractivity contribution in [2.75, 3.05) is 5.32 Å². The van der Waals surface area contributed by atoms with Gasteiger partial charge >= 0.3 is 0 Å². The molecule has 2 heterocycles. The molecule has 4 rings (SSSR count). The summed E-state index contributed by atoms with van der Waals surface area (Å²) in [6.45, 7) is 6.72. The average Bonchev–Trinajstić information content (AvgIpc) is 3.34. The number of amides is 1. The molecule has 0 fully saturated rings. The lowest BCUT2D eigenvalue weighted by Gasteiger charge is -2.07. The first-order valence-corrected chi connectivity index (χ1v) is 10.6. The molecule has 0 saturated heterocycles. The number of hydrogen-bond acceptors (Lipinski definition) is 4. The van der Waals surface area contributed by atoms with E-state index in [2.05, 4.69) is 16.5 Å². The minimum absolute atomic E-state index is 0.197. The molecule has 0 spiro atoms. The van der Waals surface area contributed by atoms with Crippen LogP contribution in [0.25, 0.3) is 0 Å². The zero-order valence-corrected chi connectivity index (χ0v) is 18.9. The van der Waals surface area contributed by atoms with Crippen LogP contribution in [0.2, 0.25) is 5.02 Å². The second kappa shape index (κ2) is 9.32. The number of halogens is 1. The van der Waals surface area contributed by atoms with Crippen molar-refractivity contribution >= 4 is 23.3 Å². The number of ether oxygens (including phenoxy) is 1. The Hall–Kier alpha value is -3.51. The van der Waals surface area contributed by atoms with Gasteiger partial charge in [0.15, 0.2) is 11.6 Å². The molecule has 0 unspecified atom stereocenters. The van der Waals surface area contributed by atoms with Crippen LogP contribution >= 0.6 is 11.6 Å². The maximum atomic E-state index is 12.6. The van der Waals surface area contributed by atoms with Gasteiger partial charge in [-0.2, -0.15) is 5.10 Å². The summed E-state index contributed by atoms with van der Waals surface area (Å²) in [5, 5.41) is 7.93. The summed E-state index contributed by atoms with van der Waals surface area (Å²) in [5.41, 5.74) is 4.12. The van der Waals surface area contributed by atoms with Gasteiger partial charge in [0.1, 0.15) is 18.1 Å². The van der Waals surface area contributed by atoms with E-state index in [1.165, 1.54) is 0 Å². The second-order valence-corrected chi connectivity index (χ2v) is 8.16. The Labute approximate surface area is 191 Å². The van der Waals surface area contributed by atoms with E-state index in [-0.39, 0.29) is 18.3 Å².